The number of benzene rings is 2. The number of aryl methyl sites for hydroxylation is 1. The van der Waals surface area contributed by atoms with E-state index >= 15 is 0 Å². The number of amides is 1. The summed E-state index contributed by atoms with van der Waals surface area (Å²) in [5.41, 5.74) is 3.02. The molecule has 2 aliphatic rings. The minimum Gasteiger partial charge on any atom is -0.492 e. The van der Waals surface area contributed by atoms with E-state index in [1.165, 1.54) is 5.56 Å². The molecule has 0 atom stereocenters. The molecule has 0 bridgehead atoms. The quantitative estimate of drug-likeness (QED) is 0.622. The van der Waals surface area contributed by atoms with Crippen molar-refractivity contribution in [1.82, 2.24) is 4.72 Å². The highest BCUT2D eigenvalue weighted by atomic mass is 32.2. The van der Waals surface area contributed by atoms with E-state index in [0.29, 0.717) is 13.0 Å². The van der Waals surface area contributed by atoms with Crippen LogP contribution < -0.4 is 14.4 Å². The summed E-state index contributed by atoms with van der Waals surface area (Å²) in [6.07, 6.45) is 4.75. The van der Waals surface area contributed by atoms with Gasteiger partial charge in [-0.2, -0.15) is 0 Å². The van der Waals surface area contributed by atoms with Crippen LogP contribution in [0.5, 0.6) is 5.75 Å². The van der Waals surface area contributed by atoms with E-state index in [-0.39, 0.29) is 29.9 Å². The Kier molecular flexibility index (Phi) is 6.11. The lowest BCUT2D eigenvalue weighted by Gasteiger charge is -2.17. The molecule has 2 aromatic carbocycles. The summed E-state index contributed by atoms with van der Waals surface area (Å²) >= 11 is 0. The van der Waals surface area contributed by atoms with Gasteiger partial charge in [0.2, 0.25) is 15.9 Å². The minimum absolute atomic E-state index is 0.156. The van der Waals surface area contributed by atoms with Crippen molar-refractivity contribution in [2.45, 2.75) is 43.9 Å². The van der Waals surface area contributed by atoms with Gasteiger partial charge >= 0.3 is 0 Å². The van der Waals surface area contributed by atoms with Gasteiger partial charge in [0, 0.05) is 24.7 Å². The van der Waals surface area contributed by atoms with E-state index in [1.54, 1.807) is 23.1 Å². The number of carbonyl (C=O) groups is 1. The second-order valence-corrected chi connectivity index (χ2v) is 9.71. The van der Waals surface area contributed by atoms with Crippen LogP contribution in [0.15, 0.2) is 47.4 Å². The first-order chi connectivity index (χ1) is 14.5. The Morgan fingerprint density at radius 3 is 2.63 bits per heavy atom. The molecule has 0 spiro atoms. The van der Waals surface area contributed by atoms with Crippen molar-refractivity contribution in [3.8, 4) is 5.75 Å². The topological polar surface area (TPSA) is 75.7 Å². The molecule has 0 saturated heterocycles. The van der Waals surface area contributed by atoms with Gasteiger partial charge in [0.1, 0.15) is 12.4 Å². The van der Waals surface area contributed by atoms with Crippen LogP contribution >= 0.6 is 0 Å². The summed E-state index contributed by atoms with van der Waals surface area (Å²) in [6, 6.07) is 12.9. The van der Waals surface area contributed by atoms with Crippen LogP contribution in [0, 0.1) is 5.92 Å². The molecule has 1 fully saturated rings. The number of anilines is 1. The molecule has 160 valence electrons. The van der Waals surface area contributed by atoms with Crippen LogP contribution in [0.4, 0.5) is 5.69 Å². The fourth-order valence-corrected chi connectivity index (χ4v) is 4.86. The minimum atomic E-state index is -3.63. The maximum Gasteiger partial charge on any atom is 0.240 e. The lowest BCUT2D eigenvalue weighted by atomic mass is 10.1. The Hall–Kier alpha value is -2.38. The molecular weight excluding hydrogens is 400 g/mol. The zero-order valence-electron chi connectivity index (χ0n) is 17.3. The molecule has 1 amide bonds. The summed E-state index contributed by atoms with van der Waals surface area (Å²) in [4.78, 5) is 14.4. The normalized spacial score (nSPS) is 15.8. The molecule has 7 heteroatoms. The molecule has 0 radical (unpaired) electrons. The number of sulfonamides is 1. The number of nitrogens with zero attached hydrogens (tertiary/aromatic N) is 1. The maximum atomic E-state index is 12.6. The Morgan fingerprint density at radius 1 is 1.17 bits per heavy atom. The van der Waals surface area contributed by atoms with E-state index in [0.717, 1.165) is 42.7 Å². The first-order valence-corrected chi connectivity index (χ1v) is 12.1. The molecule has 2 aromatic rings. The van der Waals surface area contributed by atoms with Gasteiger partial charge in [-0.05, 0) is 67.1 Å². The highest BCUT2D eigenvalue weighted by Crippen LogP contribution is 2.37. The molecule has 1 heterocycles. The van der Waals surface area contributed by atoms with Crippen molar-refractivity contribution in [2.75, 3.05) is 24.6 Å². The molecule has 1 aliphatic carbocycles. The lowest BCUT2D eigenvalue weighted by Crippen LogP contribution is -2.30. The van der Waals surface area contributed by atoms with Gasteiger partial charge in [0.05, 0.1) is 4.90 Å². The van der Waals surface area contributed by atoms with Gasteiger partial charge in [-0.1, -0.05) is 25.5 Å². The van der Waals surface area contributed by atoms with Crippen LogP contribution in [-0.2, 0) is 27.7 Å². The average Bonchev–Trinajstić information content (AvgIpc) is 3.51. The van der Waals surface area contributed by atoms with E-state index < -0.39 is 10.0 Å². The molecule has 1 N–H and O–H groups in total. The van der Waals surface area contributed by atoms with Gasteiger partial charge in [0.25, 0.3) is 0 Å². The molecule has 4 rings (SSSR count). The van der Waals surface area contributed by atoms with E-state index in [1.807, 2.05) is 24.3 Å². The first kappa shape index (κ1) is 20.9. The molecule has 30 heavy (non-hydrogen) atoms. The zero-order valence-corrected chi connectivity index (χ0v) is 18.1. The number of hydrogen-bond donors (Lipinski definition) is 1. The summed E-state index contributed by atoms with van der Waals surface area (Å²) < 4.78 is 33.5. The van der Waals surface area contributed by atoms with Crippen LogP contribution in [0.25, 0.3) is 0 Å². The number of ether oxygens (including phenoxy) is 1. The summed E-state index contributed by atoms with van der Waals surface area (Å²) in [6.45, 7) is 3.21. The number of nitrogens with one attached hydrogen (secondary N) is 1. The van der Waals surface area contributed by atoms with Crippen molar-refractivity contribution >= 4 is 21.6 Å². The monoisotopic (exact) mass is 428 g/mol. The highest BCUT2D eigenvalue weighted by molar-refractivity contribution is 7.89. The third kappa shape index (κ3) is 4.68. The van der Waals surface area contributed by atoms with Crippen molar-refractivity contribution in [3.63, 3.8) is 0 Å². The molecular formula is C23H28N2O4S. The van der Waals surface area contributed by atoms with Crippen LogP contribution in [0.3, 0.4) is 0 Å². The fourth-order valence-electron chi connectivity index (χ4n) is 3.79. The van der Waals surface area contributed by atoms with Crippen molar-refractivity contribution in [2.24, 2.45) is 5.92 Å². The SMILES string of the molecule is CCCc1ccc(OCCNS(=O)(=O)c2ccc3c(c2)CCN3C(=O)C2CC2)cc1. The van der Waals surface area contributed by atoms with Gasteiger partial charge in [0.15, 0.2) is 0 Å². The van der Waals surface area contributed by atoms with Gasteiger partial charge in [-0.25, -0.2) is 13.1 Å². The highest BCUT2D eigenvalue weighted by Gasteiger charge is 2.36. The number of carbonyl (C=O) groups excluding carboxylic acids is 1. The fraction of sp³-hybridized carbons (Fsp3) is 0.435. The predicted octanol–water partition coefficient (Wildman–Crippen LogP) is 3.30. The lowest BCUT2D eigenvalue weighted by molar-refractivity contribution is -0.119. The molecule has 6 nitrogen and oxygen atoms in total. The first-order valence-electron chi connectivity index (χ1n) is 10.6. The van der Waals surface area contributed by atoms with E-state index in [4.69, 9.17) is 4.74 Å². The summed E-state index contributed by atoms with van der Waals surface area (Å²) in [5.74, 6) is 1.05. The van der Waals surface area contributed by atoms with Crippen molar-refractivity contribution < 1.29 is 17.9 Å². The van der Waals surface area contributed by atoms with E-state index in [9.17, 15) is 13.2 Å². The van der Waals surface area contributed by atoms with Gasteiger partial charge in [-0.15, -0.1) is 0 Å². The second kappa shape index (κ2) is 8.78. The smallest absolute Gasteiger partial charge is 0.240 e. The van der Waals surface area contributed by atoms with E-state index in [2.05, 4.69) is 11.6 Å². The van der Waals surface area contributed by atoms with Gasteiger partial charge < -0.3 is 9.64 Å². The third-order valence-corrected chi connectivity index (χ3v) is 7.03. The molecule has 0 aromatic heterocycles. The predicted molar refractivity (Wildman–Crippen MR) is 116 cm³/mol. The van der Waals surface area contributed by atoms with Crippen molar-refractivity contribution in [3.05, 3.63) is 53.6 Å². The standard InChI is InChI=1S/C23H28N2O4S/c1-2-3-17-4-8-20(9-5-17)29-15-13-24-30(27,28)21-10-11-22-19(16-21)12-14-25(22)23(26)18-6-7-18/h4-5,8-11,16,18,24H,2-3,6-7,12-15H2,1H3. The van der Waals surface area contributed by atoms with Crippen molar-refractivity contribution in [1.29, 1.82) is 0 Å². The molecule has 1 saturated carbocycles. The number of hydrogen-bond acceptors (Lipinski definition) is 4. The Labute approximate surface area is 178 Å². The summed E-state index contributed by atoms with van der Waals surface area (Å²) in [7, 11) is -3.63. The van der Waals surface area contributed by atoms with Crippen LogP contribution in [0.1, 0.15) is 37.3 Å². The second-order valence-electron chi connectivity index (χ2n) is 7.94. The number of rotatable bonds is 9. The largest absolute Gasteiger partial charge is 0.492 e. The molecule has 0 unspecified atom stereocenters. The van der Waals surface area contributed by atoms with Crippen LogP contribution in [0.2, 0.25) is 0 Å². The average molecular weight is 429 g/mol. The summed E-state index contributed by atoms with van der Waals surface area (Å²) in [5, 5.41) is 0. The Morgan fingerprint density at radius 2 is 1.93 bits per heavy atom. The van der Waals surface area contributed by atoms with Crippen LogP contribution in [-0.4, -0.2) is 34.0 Å². The third-order valence-electron chi connectivity index (χ3n) is 5.57. The maximum absolute atomic E-state index is 12.6. The zero-order chi connectivity index (χ0) is 21.1. The Balaban J connectivity index is 1.32. The van der Waals surface area contributed by atoms with Gasteiger partial charge in [-0.3, -0.25) is 4.79 Å². The Bertz CT molecular complexity index is 1010. The molecule has 1 aliphatic heterocycles. The number of fused-ring (bicyclic) bond motifs is 1.